The number of nitrogens with one attached hydrogen (secondary N) is 1. The Balaban J connectivity index is 1.79. The molecule has 1 aliphatic carbocycles. The van der Waals surface area contributed by atoms with Gasteiger partial charge in [-0.3, -0.25) is 13.9 Å². The molecule has 0 saturated heterocycles. The first-order chi connectivity index (χ1) is 20.5. The summed E-state index contributed by atoms with van der Waals surface area (Å²) in [5, 5.41) is 3.86. The summed E-state index contributed by atoms with van der Waals surface area (Å²) in [4.78, 5) is 29.8. The van der Waals surface area contributed by atoms with Crippen molar-refractivity contribution < 1.29 is 18.0 Å². The molecule has 10 heteroatoms. The van der Waals surface area contributed by atoms with Crippen molar-refractivity contribution in [1.29, 1.82) is 0 Å². The number of sulfonamides is 1. The third-order valence-electron chi connectivity index (χ3n) is 7.87. The van der Waals surface area contributed by atoms with Gasteiger partial charge < -0.3 is 10.2 Å². The van der Waals surface area contributed by atoms with E-state index in [0.29, 0.717) is 21.3 Å². The zero-order valence-corrected chi connectivity index (χ0v) is 27.1. The first-order valence-corrected chi connectivity index (χ1v) is 17.2. The van der Waals surface area contributed by atoms with Crippen LogP contribution in [0, 0.1) is 0 Å². The standard InChI is InChI=1S/C33H39Cl2N3O4S/c1-23(2)26-16-9-10-19-30(26)38(43(3,41)42)22-32(39)37(21-27-28(34)17-11-18-29(27)35)31(20-24-12-5-4-6-13-24)33(40)36-25-14-7-8-15-25/h4-6,9-13,16-19,23,25,31H,7-8,14-15,20-22H2,1-3H3,(H,36,40)/t31-/m1/s1. The second kappa shape index (κ2) is 14.6. The smallest absolute Gasteiger partial charge is 0.244 e. The number of hydrogen-bond donors (Lipinski definition) is 1. The summed E-state index contributed by atoms with van der Waals surface area (Å²) in [6.45, 7) is 3.37. The second-order valence-corrected chi connectivity index (χ2v) is 14.1. The lowest BCUT2D eigenvalue weighted by Crippen LogP contribution is -2.54. The van der Waals surface area contributed by atoms with Crippen LogP contribution in [0.4, 0.5) is 5.69 Å². The molecule has 0 aliphatic heterocycles. The molecule has 4 rings (SSSR count). The van der Waals surface area contributed by atoms with E-state index in [1.54, 1.807) is 30.3 Å². The predicted molar refractivity (Wildman–Crippen MR) is 174 cm³/mol. The minimum absolute atomic E-state index is 0.0107. The van der Waals surface area contributed by atoms with Crippen molar-refractivity contribution in [3.8, 4) is 0 Å². The third-order valence-corrected chi connectivity index (χ3v) is 9.70. The maximum Gasteiger partial charge on any atom is 0.244 e. The summed E-state index contributed by atoms with van der Waals surface area (Å²) in [6, 6.07) is 20.8. The molecule has 1 saturated carbocycles. The van der Waals surface area contributed by atoms with Gasteiger partial charge in [-0.25, -0.2) is 8.42 Å². The van der Waals surface area contributed by atoms with Gasteiger partial charge in [-0.1, -0.05) is 104 Å². The first-order valence-electron chi connectivity index (χ1n) is 14.6. The second-order valence-electron chi connectivity index (χ2n) is 11.4. The lowest BCUT2D eigenvalue weighted by atomic mass is 10.0. The van der Waals surface area contributed by atoms with Crippen LogP contribution in [0.25, 0.3) is 0 Å². The molecule has 1 atom stereocenters. The molecule has 0 spiro atoms. The summed E-state index contributed by atoms with van der Waals surface area (Å²) in [7, 11) is -3.88. The van der Waals surface area contributed by atoms with Crippen LogP contribution < -0.4 is 9.62 Å². The molecule has 7 nitrogen and oxygen atoms in total. The van der Waals surface area contributed by atoms with Gasteiger partial charge in [0, 0.05) is 34.6 Å². The lowest BCUT2D eigenvalue weighted by molar-refractivity contribution is -0.140. The van der Waals surface area contributed by atoms with Crippen molar-refractivity contribution in [3.63, 3.8) is 0 Å². The quantitative estimate of drug-likeness (QED) is 0.241. The molecule has 0 heterocycles. The van der Waals surface area contributed by atoms with E-state index in [4.69, 9.17) is 23.2 Å². The number of amides is 2. The molecular weight excluding hydrogens is 605 g/mol. The molecular formula is C33H39Cl2N3O4S. The van der Waals surface area contributed by atoms with E-state index < -0.39 is 28.5 Å². The van der Waals surface area contributed by atoms with E-state index in [1.807, 2.05) is 56.3 Å². The lowest BCUT2D eigenvalue weighted by Gasteiger charge is -2.35. The van der Waals surface area contributed by atoms with E-state index in [9.17, 15) is 18.0 Å². The zero-order chi connectivity index (χ0) is 31.1. The van der Waals surface area contributed by atoms with Crippen molar-refractivity contribution in [3.05, 3.63) is 99.5 Å². The summed E-state index contributed by atoms with van der Waals surface area (Å²) >= 11 is 13.1. The molecule has 0 radical (unpaired) electrons. The van der Waals surface area contributed by atoms with E-state index >= 15 is 0 Å². The van der Waals surface area contributed by atoms with Gasteiger partial charge in [-0.15, -0.1) is 0 Å². The molecule has 3 aromatic carbocycles. The highest BCUT2D eigenvalue weighted by Gasteiger charge is 2.35. The predicted octanol–water partition coefficient (Wildman–Crippen LogP) is 6.58. The Morgan fingerprint density at radius 1 is 0.907 bits per heavy atom. The van der Waals surface area contributed by atoms with Gasteiger partial charge in [0.15, 0.2) is 0 Å². The molecule has 230 valence electrons. The minimum Gasteiger partial charge on any atom is -0.352 e. The van der Waals surface area contributed by atoms with Crippen LogP contribution in [-0.2, 0) is 32.6 Å². The van der Waals surface area contributed by atoms with Gasteiger partial charge in [0.05, 0.1) is 11.9 Å². The van der Waals surface area contributed by atoms with Crippen molar-refractivity contribution in [2.45, 2.75) is 70.5 Å². The van der Waals surface area contributed by atoms with Gasteiger partial charge in [0.2, 0.25) is 21.8 Å². The molecule has 1 N–H and O–H groups in total. The van der Waals surface area contributed by atoms with E-state index in [2.05, 4.69) is 5.32 Å². The molecule has 0 bridgehead atoms. The molecule has 3 aromatic rings. The van der Waals surface area contributed by atoms with Crippen LogP contribution in [0.15, 0.2) is 72.8 Å². The van der Waals surface area contributed by atoms with Crippen molar-refractivity contribution in [1.82, 2.24) is 10.2 Å². The number of para-hydroxylation sites is 1. The monoisotopic (exact) mass is 643 g/mol. The highest BCUT2D eigenvalue weighted by atomic mass is 35.5. The van der Waals surface area contributed by atoms with Crippen molar-refractivity contribution >= 4 is 50.7 Å². The average Bonchev–Trinajstić information content (AvgIpc) is 3.47. The summed E-state index contributed by atoms with van der Waals surface area (Å²) in [5.74, 6) is -0.820. The third kappa shape index (κ3) is 8.52. The van der Waals surface area contributed by atoms with Gasteiger partial charge >= 0.3 is 0 Å². The number of hydrogen-bond acceptors (Lipinski definition) is 4. The Hall–Kier alpha value is -3.07. The number of carbonyl (C=O) groups is 2. The summed E-state index contributed by atoms with van der Waals surface area (Å²) < 4.78 is 27.5. The number of benzene rings is 3. The van der Waals surface area contributed by atoms with E-state index in [0.717, 1.165) is 47.4 Å². The number of nitrogens with zero attached hydrogens (tertiary/aromatic N) is 2. The van der Waals surface area contributed by atoms with Crippen molar-refractivity contribution in [2.24, 2.45) is 0 Å². The summed E-state index contributed by atoms with van der Waals surface area (Å²) in [5.41, 5.74) is 2.57. The van der Waals surface area contributed by atoms with Gasteiger partial charge in [-0.2, -0.15) is 0 Å². The fraction of sp³-hybridized carbons (Fsp3) is 0.394. The minimum atomic E-state index is -3.88. The van der Waals surface area contributed by atoms with Crippen LogP contribution in [0.3, 0.4) is 0 Å². The van der Waals surface area contributed by atoms with Crippen LogP contribution >= 0.6 is 23.2 Å². The van der Waals surface area contributed by atoms with Crippen LogP contribution in [0.2, 0.25) is 10.0 Å². The van der Waals surface area contributed by atoms with Crippen LogP contribution in [0.1, 0.15) is 62.1 Å². The van der Waals surface area contributed by atoms with Gasteiger partial charge in [-0.05, 0) is 48.1 Å². The molecule has 0 aromatic heterocycles. The number of halogens is 2. The number of carbonyl (C=O) groups excluding carboxylic acids is 2. The van der Waals surface area contributed by atoms with E-state index in [-0.39, 0.29) is 30.8 Å². The normalized spacial score (nSPS) is 14.5. The average molecular weight is 645 g/mol. The molecule has 1 aliphatic rings. The fourth-order valence-electron chi connectivity index (χ4n) is 5.57. The van der Waals surface area contributed by atoms with Gasteiger partial charge in [0.25, 0.3) is 0 Å². The van der Waals surface area contributed by atoms with Gasteiger partial charge in [0.1, 0.15) is 12.6 Å². The Morgan fingerprint density at radius 3 is 2.12 bits per heavy atom. The van der Waals surface area contributed by atoms with Crippen molar-refractivity contribution in [2.75, 3.05) is 17.1 Å². The topological polar surface area (TPSA) is 86.8 Å². The number of anilines is 1. The van der Waals surface area contributed by atoms with Crippen LogP contribution in [0.5, 0.6) is 0 Å². The Labute approximate surface area is 265 Å². The molecule has 1 fully saturated rings. The number of rotatable bonds is 12. The molecule has 0 unspecified atom stereocenters. The van der Waals surface area contributed by atoms with E-state index in [1.165, 1.54) is 4.90 Å². The Kier molecular flexibility index (Phi) is 11.2. The highest BCUT2D eigenvalue weighted by molar-refractivity contribution is 7.92. The Bertz CT molecular complexity index is 1510. The van der Waals surface area contributed by atoms with Crippen LogP contribution in [-0.4, -0.2) is 50.0 Å². The zero-order valence-electron chi connectivity index (χ0n) is 24.8. The highest BCUT2D eigenvalue weighted by Crippen LogP contribution is 2.31. The Morgan fingerprint density at radius 2 is 1.51 bits per heavy atom. The fourth-order valence-corrected chi connectivity index (χ4v) is 6.96. The maximum atomic E-state index is 14.4. The summed E-state index contributed by atoms with van der Waals surface area (Å²) in [6.07, 6.45) is 5.13. The SMILES string of the molecule is CC(C)c1ccccc1N(CC(=O)N(Cc1c(Cl)cccc1Cl)[C@H](Cc1ccccc1)C(=O)NC1CCCC1)S(C)(=O)=O. The maximum absolute atomic E-state index is 14.4. The largest absolute Gasteiger partial charge is 0.352 e. The molecule has 43 heavy (non-hydrogen) atoms. The first kappa shape index (κ1) is 32.8. The molecule has 2 amide bonds.